The maximum absolute atomic E-state index is 12.9. The van der Waals surface area contributed by atoms with E-state index in [-0.39, 0.29) is 23.9 Å². The van der Waals surface area contributed by atoms with E-state index in [2.05, 4.69) is 20.6 Å². The van der Waals surface area contributed by atoms with E-state index < -0.39 is 23.2 Å². The van der Waals surface area contributed by atoms with Crippen LogP contribution in [-0.4, -0.2) is 37.8 Å². The molecule has 11 nitrogen and oxygen atoms in total. The van der Waals surface area contributed by atoms with Crippen molar-refractivity contribution < 1.29 is 18.3 Å². The van der Waals surface area contributed by atoms with Crippen molar-refractivity contribution >= 4 is 68.5 Å². The van der Waals surface area contributed by atoms with Crippen LogP contribution in [0.4, 0.5) is 28.7 Å². The Bertz CT molecular complexity index is 1520. The Morgan fingerprint density at radius 3 is 2.50 bits per heavy atom. The number of hydrogen-bond acceptors (Lipinski definition) is 8. The Morgan fingerprint density at radius 1 is 1.16 bits per heavy atom. The number of carbonyl (C=O) groups is 1. The second-order valence-corrected chi connectivity index (χ2v) is 9.44. The van der Waals surface area contributed by atoms with Crippen LogP contribution in [0.2, 0.25) is 5.02 Å². The fourth-order valence-corrected chi connectivity index (χ4v) is 4.38. The first-order valence-electron chi connectivity index (χ1n) is 11.4. The maximum Gasteiger partial charge on any atom is 0.268 e. The molecule has 3 aromatic carbocycles. The number of anilines is 5. The summed E-state index contributed by atoms with van der Waals surface area (Å²) in [5.41, 5.74) is 14.2. The Kier molecular flexibility index (Phi) is 8.39. The van der Waals surface area contributed by atoms with Gasteiger partial charge < -0.3 is 26.8 Å². The predicted molar refractivity (Wildman–Crippen MR) is 150 cm³/mol. The van der Waals surface area contributed by atoms with Gasteiger partial charge in [-0.05, 0) is 48.9 Å². The monoisotopic (exact) mass is 555 g/mol. The van der Waals surface area contributed by atoms with Crippen LogP contribution in [0.3, 0.4) is 0 Å². The number of nitrogens with one attached hydrogen (secondary N) is 2. The first kappa shape index (κ1) is 27.2. The Labute approximate surface area is 226 Å². The average Bonchev–Trinajstić information content (AvgIpc) is 2.90. The van der Waals surface area contributed by atoms with Crippen molar-refractivity contribution in [3.8, 4) is 5.75 Å². The molecule has 1 aromatic heterocycles. The molecule has 198 valence electrons. The standard InChI is InChI=1S/C25H26ClN7O4S/c1-14(28)25(34)29-16-8-7-15(13-27)22(11-16)33(38(35)36)24-23(30-19-5-3-4-6-20(19)32-24)31-21-12-17(37-2)9-10-18(21)26/h3-12,14H,13,27-28H2,1-2H3,(H,29,34)(H,30,31)(H,35,36)/t14-/m1/s1. The number of fused-ring (bicyclic) bond motifs is 1. The third kappa shape index (κ3) is 5.85. The third-order valence-corrected chi connectivity index (χ3v) is 6.54. The van der Waals surface area contributed by atoms with E-state index in [0.29, 0.717) is 38.7 Å². The number of nitrogens with zero attached hydrogens (tertiary/aromatic N) is 3. The molecule has 0 bridgehead atoms. The Balaban J connectivity index is 1.91. The first-order valence-corrected chi connectivity index (χ1v) is 12.8. The van der Waals surface area contributed by atoms with E-state index in [1.807, 2.05) is 0 Å². The summed E-state index contributed by atoms with van der Waals surface area (Å²) in [6, 6.07) is 16.1. The summed E-state index contributed by atoms with van der Waals surface area (Å²) < 4.78 is 29.7. The second-order valence-electron chi connectivity index (χ2n) is 8.21. The molecule has 0 aliphatic carbocycles. The van der Waals surface area contributed by atoms with Crippen LogP contribution < -0.4 is 31.1 Å². The lowest BCUT2D eigenvalue weighted by atomic mass is 10.1. The van der Waals surface area contributed by atoms with Gasteiger partial charge in [-0.1, -0.05) is 29.8 Å². The predicted octanol–water partition coefficient (Wildman–Crippen LogP) is 4.05. The van der Waals surface area contributed by atoms with Crippen molar-refractivity contribution in [3.05, 3.63) is 71.2 Å². The van der Waals surface area contributed by atoms with Crippen LogP contribution >= 0.6 is 11.6 Å². The highest BCUT2D eigenvalue weighted by Crippen LogP contribution is 2.38. The molecule has 7 N–H and O–H groups in total. The summed E-state index contributed by atoms with van der Waals surface area (Å²) >= 11 is 3.79. The molecule has 4 rings (SSSR count). The summed E-state index contributed by atoms with van der Waals surface area (Å²) in [6.07, 6.45) is 0. The van der Waals surface area contributed by atoms with Gasteiger partial charge in [-0.25, -0.2) is 18.5 Å². The molecule has 0 aliphatic heterocycles. The Morgan fingerprint density at radius 2 is 1.87 bits per heavy atom. The number of benzene rings is 3. The van der Waals surface area contributed by atoms with Crippen LogP contribution in [0, 0.1) is 0 Å². The molecule has 0 saturated carbocycles. The number of methoxy groups -OCH3 is 1. The molecule has 1 unspecified atom stereocenters. The van der Waals surface area contributed by atoms with Gasteiger partial charge in [0, 0.05) is 18.3 Å². The number of rotatable bonds is 9. The fraction of sp³-hybridized carbons (Fsp3) is 0.160. The third-order valence-electron chi connectivity index (χ3n) is 5.53. The van der Waals surface area contributed by atoms with E-state index in [9.17, 15) is 13.6 Å². The Hall–Kier alpha value is -3.81. The molecule has 2 atom stereocenters. The molecule has 0 fully saturated rings. The van der Waals surface area contributed by atoms with Gasteiger partial charge in [0.2, 0.25) is 5.91 Å². The zero-order valence-electron chi connectivity index (χ0n) is 20.5. The highest BCUT2D eigenvalue weighted by Gasteiger charge is 2.26. The van der Waals surface area contributed by atoms with E-state index in [0.717, 1.165) is 4.31 Å². The SMILES string of the molecule is COc1ccc(Cl)c(Nc2nc3ccccc3nc2N(c2cc(NC(=O)[C@@H](C)N)ccc2CN)S(=O)O)c1. The van der Waals surface area contributed by atoms with E-state index in [1.54, 1.807) is 61.5 Å². The summed E-state index contributed by atoms with van der Waals surface area (Å²) in [5, 5.41) is 6.18. The quantitative estimate of drug-likeness (QED) is 0.191. The van der Waals surface area contributed by atoms with E-state index >= 15 is 0 Å². The number of carbonyl (C=O) groups excluding carboxylic acids is 1. The van der Waals surface area contributed by atoms with Gasteiger partial charge >= 0.3 is 0 Å². The number of aromatic nitrogens is 2. The van der Waals surface area contributed by atoms with Crippen LogP contribution in [0.5, 0.6) is 5.75 Å². The lowest BCUT2D eigenvalue weighted by Gasteiger charge is -2.25. The average molecular weight is 556 g/mol. The van der Waals surface area contributed by atoms with Crippen molar-refractivity contribution in [2.75, 3.05) is 22.0 Å². The van der Waals surface area contributed by atoms with Gasteiger partial charge in [-0.15, -0.1) is 0 Å². The van der Waals surface area contributed by atoms with E-state index in [4.69, 9.17) is 27.8 Å². The first-order chi connectivity index (χ1) is 18.2. The molecule has 0 spiro atoms. The molecule has 0 saturated heterocycles. The molecule has 0 aliphatic rings. The molecule has 1 heterocycles. The zero-order valence-corrected chi connectivity index (χ0v) is 22.1. The van der Waals surface area contributed by atoms with Gasteiger partial charge in [-0.3, -0.25) is 9.35 Å². The highest BCUT2D eigenvalue weighted by atomic mass is 35.5. The number of para-hydroxylation sites is 2. The minimum atomic E-state index is -2.63. The summed E-state index contributed by atoms with van der Waals surface area (Å²) in [4.78, 5) is 21.5. The van der Waals surface area contributed by atoms with E-state index in [1.165, 1.54) is 13.2 Å². The molecule has 38 heavy (non-hydrogen) atoms. The summed E-state index contributed by atoms with van der Waals surface area (Å²) in [7, 11) is 1.52. The summed E-state index contributed by atoms with van der Waals surface area (Å²) in [6.45, 7) is 1.59. The number of nitrogens with two attached hydrogens (primary N) is 2. The molecule has 1 amide bonds. The largest absolute Gasteiger partial charge is 0.497 e. The van der Waals surface area contributed by atoms with Crippen molar-refractivity contribution in [1.82, 2.24) is 9.97 Å². The van der Waals surface area contributed by atoms with Gasteiger partial charge in [0.25, 0.3) is 11.3 Å². The topological polar surface area (TPSA) is 169 Å². The molecule has 0 radical (unpaired) electrons. The number of ether oxygens (including phenoxy) is 1. The normalized spacial score (nSPS) is 12.6. The van der Waals surface area contributed by atoms with Crippen LogP contribution in [0.1, 0.15) is 12.5 Å². The lowest BCUT2D eigenvalue weighted by molar-refractivity contribution is -0.117. The molecular weight excluding hydrogens is 530 g/mol. The van der Waals surface area contributed by atoms with Gasteiger partial charge in [0.05, 0.1) is 40.6 Å². The van der Waals surface area contributed by atoms with Gasteiger partial charge in [0.1, 0.15) is 5.75 Å². The minimum Gasteiger partial charge on any atom is -0.497 e. The lowest BCUT2D eigenvalue weighted by Crippen LogP contribution is -2.32. The zero-order chi connectivity index (χ0) is 27.4. The van der Waals surface area contributed by atoms with Crippen molar-refractivity contribution in [2.45, 2.75) is 19.5 Å². The van der Waals surface area contributed by atoms with Crippen molar-refractivity contribution in [3.63, 3.8) is 0 Å². The summed E-state index contributed by atoms with van der Waals surface area (Å²) in [5.74, 6) is 0.287. The minimum absolute atomic E-state index is 0.0220. The van der Waals surface area contributed by atoms with Gasteiger partial charge in [-0.2, -0.15) is 0 Å². The maximum atomic E-state index is 12.9. The number of amides is 1. The number of halogens is 1. The van der Waals surface area contributed by atoms with Crippen LogP contribution in [-0.2, 0) is 22.6 Å². The number of hydrogen-bond donors (Lipinski definition) is 5. The van der Waals surface area contributed by atoms with Crippen molar-refractivity contribution in [1.29, 1.82) is 0 Å². The second kappa shape index (κ2) is 11.7. The smallest absolute Gasteiger partial charge is 0.268 e. The van der Waals surface area contributed by atoms with Crippen LogP contribution in [0.15, 0.2) is 60.7 Å². The molecule has 4 aromatic rings. The fourth-order valence-electron chi connectivity index (χ4n) is 3.60. The van der Waals surface area contributed by atoms with Gasteiger partial charge in [0.15, 0.2) is 11.6 Å². The molecule has 13 heteroatoms. The van der Waals surface area contributed by atoms with Crippen molar-refractivity contribution in [2.24, 2.45) is 11.5 Å². The highest BCUT2D eigenvalue weighted by molar-refractivity contribution is 7.81. The molecular formula is C25H26ClN7O4S. The van der Waals surface area contributed by atoms with Crippen LogP contribution in [0.25, 0.3) is 11.0 Å².